The van der Waals surface area contributed by atoms with Crippen LogP contribution in [0.3, 0.4) is 0 Å². The van der Waals surface area contributed by atoms with Crippen LogP contribution >= 0.6 is 11.6 Å². The van der Waals surface area contributed by atoms with Crippen LogP contribution in [0.5, 0.6) is 11.5 Å². The van der Waals surface area contributed by atoms with Crippen LogP contribution in [0.25, 0.3) is 11.1 Å². The van der Waals surface area contributed by atoms with Gasteiger partial charge >= 0.3 is 0 Å². The largest absolute Gasteiger partial charge is 0.454 e. The molecule has 0 aliphatic carbocycles. The first-order chi connectivity index (χ1) is 17.0. The summed E-state index contributed by atoms with van der Waals surface area (Å²) in [4.78, 5) is 13.4. The number of carbonyl (C=O) groups excluding carboxylic acids is 1. The van der Waals surface area contributed by atoms with Crippen molar-refractivity contribution in [3.05, 3.63) is 100 Å². The van der Waals surface area contributed by atoms with Crippen molar-refractivity contribution in [1.29, 1.82) is 5.26 Å². The van der Waals surface area contributed by atoms with Gasteiger partial charge in [-0.25, -0.2) is 0 Å². The van der Waals surface area contributed by atoms with Gasteiger partial charge < -0.3 is 10.1 Å². The Balaban J connectivity index is 1.56. The lowest BCUT2D eigenvalue weighted by atomic mass is 10.0. The van der Waals surface area contributed by atoms with Crippen molar-refractivity contribution in [2.75, 3.05) is 0 Å². The highest BCUT2D eigenvalue weighted by Gasteiger charge is 2.20. The summed E-state index contributed by atoms with van der Waals surface area (Å²) in [5.74, 6) is 0.362. The molecule has 0 saturated carbocycles. The molecule has 7 heteroatoms. The molecule has 0 saturated heterocycles. The van der Waals surface area contributed by atoms with Gasteiger partial charge in [0.05, 0.1) is 22.3 Å². The van der Waals surface area contributed by atoms with Gasteiger partial charge in [0.25, 0.3) is 5.91 Å². The van der Waals surface area contributed by atoms with E-state index in [2.05, 4.69) is 23.4 Å². The number of hydrogen-bond donors (Lipinski definition) is 1. The van der Waals surface area contributed by atoms with E-state index < -0.39 is 0 Å². The number of carbonyl (C=O) groups is 1. The molecule has 6 nitrogen and oxygen atoms in total. The molecule has 0 fully saturated rings. The second kappa shape index (κ2) is 10.9. The third kappa shape index (κ3) is 5.53. The number of benzene rings is 3. The van der Waals surface area contributed by atoms with Gasteiger partial charge in [-0.3, -0.25) is 9.48 Å². The average molecular weight is 485 g/mol. The van der Waals surface area contributed by atoms with E-state index in [0.29, 0.717) is 34.9 Å². The molecule has 0 aliphatic heterocycles. The summed E-state index contributed by atoms with van der Waals surface area (Å²) in [6.07, 6.45) is 5.36. The number of ether oxygens (including phenoxy) is 1. The standard InChI is InChI=1S/C28H25ClN4O2/c1-3-6-21-7-5-10-25(35-27-22(15-30)8-4-9-24(27)29)26(21)28(34)31-16-19-11-13-20(14-12-19)23-17-32-33(2)18-23/h4-5,7-14,17-18H,3,6,16H2,1-2H3,(H,31,34). The molecule has 1 heterocycles. The van der Waals surface area contributed by atoms with Crippen molar-refractivity contribution < 1.29 is 9.53 Å². The van der Waals surface area contributed by atoms with Gasteiger partial charge in [0.1, 0.15) is 11.8 Å². The molecule has 0 unspecified atom stereocenters. The Kier molecular flexibility index (Phi) is 7.49. The van der Waals surface area contributed by atoms with Crippen LogP contribution in [0, 0.1) is 11.3 Å². The second-order valence-corrected chi connectivity index (χ2v) is 8.56. The van der Waals surface area contributed by atoms with Gasteiger partial charge in [-0.2, -0.15) is 10.4 Å². The van der Waals surface area contributed by atoms with E-state index in [0.717, 1.165) is 28.7 Å². The van der Waals surface area contributed by atoms with Crippen molar-refractivity contribution in [3.8, 4) is 28.7 Å². The fourth-order valence-corrected chi connectivity index (χ4v) is 4.08. The first-order valence-electron chi connectivity index (χ1n) is 11.3. The number of halogens is 1. The lowest BCUT2D eigenvalue weighted by Gasteiger charge is -2.16. The van der Waals surface area contributed by atoms with Crippen molar-refractivity contribution in [2.24, 2.45) is 7.05 Å². The van der Waals surface area contributed by atoms with E-state index >= 15 is 0 Å². The minimum absolute atomic E-state index is 0.241. The quantitative estimate of drug-likeness (QED) is 0.319. The third-order valence-corrected chi connectivity index (χ3v) is 5.90. The summed E-state index contributed by atoms with van der Waals surface area (Å²) in [6, 6.07) is 20.6. The second-order valence-electron chi connectivity index (χ2n) is 8.15. The fraction of sp³-hybridized carbons (Fsp3) is 0.179. The maximum Gasteiger partial charge on any atom is 0.255 e. The minimum Gasteiger partial charge on any atom is -0.454 e. The first kappa shape index (κ1) is 24.1. The Hall–Kier alpha value is -4.08. The molecular formula is C28H25ClN4O2. The molecule has 0 spiro atoms. The van der Waals surface area contributed by atoms with E-state index in [-0.39, 0.29) is 11.7 Å². The summed E-state index contributed by atoms with van der Waals surface area (Å²) in [6.45, 7) is 2.42. The smallest absolute Gasteiger partial charge is 0.255 e. The van der Waals surface area contributed by atoms with Crippen molar-refractivity contribution >= 4 is 17.5 Å². The molecule has 4 aromatic rings. The Morgan fingerprint density at radius 1 is 1.11 bits per heavy atom. The molecule has 4 rings (SSSR count). The number of nitrogens with one attached hydrogen (secondary N) is 1. The third-order valence-electron chi connectivity index (χ3n) is 5.60. The Bertz CT molecular complexity index is 1390. The van der Waals surface area contributed by atoms with Gasteiger partial charge in [-0.15, -0.1) is 0 Å². The zero-order chi connectivity index (χ0) is 24.8. The molecule has 0 radical (unpaired) electrons. The van der Waals surface area contributed by atoms with E-state index in [1.165, 1.54) is 0 Å². The highest BCUT2D eigenvalue weighted by atomic mass is 35.5. The van der Waals surface area contributed by atoms with Crippen molar-refractivity contribution in [2.45, 2.75) is 26.3 Å². The molecular weight excluding hydrogens is 460 g/mol. The lowest BCUT2D eigenvalue weighted by molar-refractivity contribution is 0.0947. The lowest BCUT2D eigenvalue weighted by Crippen LogP contribution is -2.24. The normalized spacial score (nSPS) is 10.6. The number of aromatic nitrogens is 2. The number of nitrogens with zero attached hydrogens (tertiary/aromatic N) is 3. The summed E-state index contributed by atoms with van der Waals surface area (Å²) >= 11 is 6.31. The number of rotatable bonds is 8. The van der Waals surface area contributed by atoms with Crippen LogP contribution in [-0.4, -0.2) is 15.7 Å². The molecule has 35 heavy (non-hydrogen) atoms. The number of amides is 1. The van der Waals surface area contributed by atoms with E-state index in [1.54, 1.807) is 28.9 Å². The van der Waals surface area contributed by atoms with Crippen LogP contribution in [0.1, 0.15) is 40.4 Å². The minimum atomic E-state index is -0.244. The van der Waals surface area contributed by atoms with Gasteiger partial charge in [0.15, 0.2) is 5.75 Å². The molecule has 1 N–H and O–H groups in total. The molecule has 0 aliphatic rings. The van der Waals surface area contributed by atoms with Gasteiger partial charge in [-0.1, -0.05) is 67.4 Å². The topological polar surface area (TPSA) is 79.9 Å². The van der Waals surface area contributed by atoms with Crippen LogP contribution in [-0.2, 0) is 20.0 Å². The molecule has 0 bridgehead atoms. The zero-order valence-corrected chi connectivity index (χ0v) is 20.3. The monoisotopic (exact) mass is 484 g/mol. The SMILES string of the molecule is CCCc1cccc(Oc2c(Cl)cccc2C#N)c1C(=O)NCc1ccc(-c2cnn(C)c2)cc1. The number of nitriles is 1. The molecule has 3 aromatic carbocycles. The number of para-hydroxylation sites is 1. The van der Waals surface area contributed by atoms with Crippen molar-refractivity contribution in [1.82, 2.24) is 15.1 Å². The summed E-state index contributed by atoms with van der Waals surface area (Å²) in [5.41, 5.74) is 4.70. The predicted octanol–water partition coefficient (Wildman–Crippen LogP) is 6.29. The predicted molar refractivity (Wildman–Crippen MR) is 136 cm³/mol. The highest BCUT2D eigenvalue weighted by molar-refractivity contribution is 6.32. The molecule has 176 valence electrons. The number of aryl methyl sites for hydroxylation is 2. The Morgan fingerprint density at radius 3 is 2.57 bits per heavy atom. The number of hydrogen-bond acceptors (Lipinski definition) is 4. The van der Waals surface area contributed by atoms with Gasteiger partial charge in [0, 0.05) is 25.4 Å². The van der Waals surface area contributed by atoms with E-state index in [9.17, 15) is 10.1 Å². The summed E-state index contributed by atoms with van der Waals surface area (Å²) < 4.78 is 7.83. The van der Waals surface area contributed by atoms with Crippen LogP contribution in [0.2, 0.25) is 5.02 Å². The average Bonchev–Trinajstić information content (AvgIpc) is 3.30. The summed E-state index contributed by atoms with van der Waals surface area (Å²) in [7, 11) is 1.88. The maximum absolute atomic E-state index is 13.4. The van der Waals surface area contributed by atoms with Crippen LogP contribution in [0.15, 0.2) is 73.1 Å². The van der Waals surface area contributed by atoms with E-state index in [1.807, 2.05) is 55.8 Å². The molecule has 1 amide bonds. The maximum atomic E-state index is 13.4. The van der Waals surface area contributed by atoms with Gasteiger partial charge in [-0.05, 0) is 41.3 Å². The Labute approximate surface area is 209 Å². The molecule has 1 aromatic heterocycles. The zero-order valence-electron chi connectivity index (χ0n) is 19.6. The first-order valence-corrected chi connectivity index (χ1v) is 11.7. The van der Waals surface area contributed by atoms with Crippen LogP contribution in [0.4, 0.5) is 0 Å². The molecule has 0 atom stereocenters. The Morgan fingerprint density at radius 2 is 1.89 bits per heavy atom. The van der Waals surface area contributed by atoms with Crippen LogP contribution < -0.4 is 10.1 Å². The van der Waals surface area contributed by atoms with Gasteiger partial charge in [0.2, 0.25) is 0 Å². The van der Waals surface area contributed by atoms with Crippen molar-refractivity contribution in [3.63, 3.8) is 0 Å². The highest BCUT2D eigenvalue weighted by Crippen LogP contribution is 2.35. The van der Waals surface area contributed by atoms with E-state index in [4.69, 9.17) is 16.3 Å². The summed E-state index contributed by atoms with van der Waals surface area (Å²) in [5, 5.41) is 17.0. The fourth-order valence-electron chi connectivity index (χ4n) is 3.86.